The first-order valence-electron chi connectivity index (χ1n) is 21.2. The van der Waals surface area contributed by atoms with Crippen LogP contribution in [0.15, 0.2) is 0 Å². The van der Waals surface area contributed by atoms with Crippen LogP contribution in [-0.2, 0) is 43.0 Å². The van der Waals surface area contributed by atoms with Gasteiger partial charge in [0.1, 0.15) is 0 Å². The Labute approximate surface area is 346 Å². The Morgan fingerprint density at radius 3 is 1.90 bits per heavy atom. The highest BCUT2D eigenvalue weighted by Crippen LogP contribution is 2.26. The predicted octanol–water partition coefficient (Wildman–Crippen LogP) is 3.08. The van der Waals surface area contributed by atoms with E-state index in [1.807, 2.05) is 41.5 Å². The lowest BCUT2D eigenvalue weighted by molar-refractivity contribution is -0.140. The Hall–Kier alpha value is -3.31. The van der Waals surface area contributed by atoms with E-state index in [-0.39, 0.29) is 78.3 Å². The van der Waals surface area contributed by atoms with Crippen molar-refractivity contribution in [1.82, 2.24) is 26.2 Å². The molecule has 58 heavy (non-hydrogen) atoms. The van der Waals surface area contributed by atoms with Crippen molar-refractivity contribution in [2.75, 3.05) is 59.3 Å². The zero-order valence-electron chi connectivity index (χ0n) is 37.1. The number of ketones is 3. The fraction of sp³-hybridized carbons (Fsp3) is 0.833. The molecule has 0 saturated carbocycles. The van der Waals surface area contributed by atoms with Gasteiger partial charge in [0.2, 0.25) is 17.7 Å². The lowest BCUT2D eigenvalue weighted by Crippen LogP contribution is -2.60. The van der Waals surface area contributed by atoms with Gasteiger partial charge in [-0.2, -0.15) is 0 Å². The van der Waals surface area contributed by atoms with Gasteiger partial charge in [-0.15, -0.1) is 0 Å². The maximum absolute atomic E-state index is 13.4. The summed E-state index contributed by atoms with van der Waals surface area (Å²) in [5.74, 6) is -1.22. The summed E-state index contributed by atoms with van der Waals surface area (Å²) in [5.41, 5.74) is 3.38. The fourth-order valence-electron chi connectivity index (χ4n) is 6.53. The van der Waals surface area contributed by atoms with Gasteiger partial charge >= 0.3 is 6.03 Å². The second-order valence-corrected chi connectivity index (χ2v) is 17.3. The van der Waals surface area contributed by atoms with Crippen LogP contribution in [0, 0.1) is 23.7 Å². The molecule has 1 fully saturated rings. The molecule has 0 aromatic carbocycles. The highest BCUT2D eigenvalue weighted by Gasteiger charge is 2.39. The van der Waals surface area contributed by atoms with E-state index in [4.69, 9.17) is 19.9 Å². The zero-order valence-corrected chi connectivity index (χ0v) is 37.1. The number of nitrogens with one attached hydrogen (secondary N) is 4. The van der Waals surface area contributed by atoms with E-state index in [1.165, 1.54) is 4.90 Å². The van der Waals surface area contributed by atoms with Gasteiger partial charge in [0.25, 0.3) is 0 Å². The lowest BCUT2D eigenvalue weighted by Gasteiger charge is -2.33. The second-order valence-electron chi connectivity index (χ2n) is 17.3. The molecule has 3 unspecified atom stereocenters. The monoisotopic (exact) mass is 825 g/mol. The lowest BCUT2D eigenvalue weighted by atomic mass is 9.91. The van der Waals surface area contributed by atoms with Crippen LogP contribution in [0.2, 0.25) is 0 Å². The maximum atomic E-state index is 13.4. The Morgan fingerprint density at radius 2 is 1.34 bits per heavy atom. The van der Waals surface area contributed by atoms with Crippen LogP contribution in [-0.4, -0.2) is 128 Å². The van der Waals surface area contributed by atoms with Gasteiger partial charge in [-0.1, -0.05) is 48.0 Å². The molecule has 16 heteroatoms. The van der Waals surface area contributed by atoms with E-state index in [2.05, 4.69) is 21.3 Å². The molecule has 6 N–H and O–H groups in total. The topological polar surface area (TPSA) is 225 Å². The Kier molecular flexibility index (Phi) is 24.3. The number of rotatable bonds is 33. The number of nitrogens with two attached hydrogens (primary N) is 1. The Bertz CT molecular complexity index is 1340. The van der Waals surface area contributed by atoms with E-state index in [1.54, 1.807) is 27.7 Å². The fourth-order valence-corrected chi connectivity index (χ4v) is 6.53. The van der Waals surface area contributed by atoms with Gasteiger partial charge in [-0.3, -0.25) is 39.0 Å². The summed E-state index contributed by atoms with van der Waals surface area (Å²) < 4.78 is 16.8. The molecule has 0 aliphatic carbocycles. The van der Waals surface area contributed by atoms with Crippen molar-refractivity contribution in [2.45, 2.75) is 144 Å². The summed E-state index contributed by atoms with van der Waals surface area (Å²) in [6.45, 7) is 21.5. The molecule has 16 nitrogen and oxygen atoms in total. The molecule has 0 bridgehead atoms. The molecule has 1 aliphatic rings. The van der Waals surface area contributed by atoms with E-state index in [0.717, 1.165) is 6.42 Å². The smallest absolute Gasteiger partial charge is 0.312 e. The third kappa shape index (κ3) is 19.6. The third-order valence-electron chi connectivity index (χ3n) is 10.5. The van der Waals surface area contributed by atoms with E-state index in [9.17, 15) is 33.6 Å². The number of ether oxygens (including phenoxy) is 3. The number of amides is 5. The van der Waals surface area contributed by atoms with Crippen molar-refractivity contribution in [2.24, 2.45) is 29.4 Å². The van der Waals surface area contributed by atoms with Crippen molar-refractivity contribution in [3.8, 4) is 0 Å². The van der Waals surface area contributed by atoms with Crippen LogP contribution >= 0.6 is 0 Å². The third-order valence-corrected chi connectivity index (χ3v) is 10.5. The maximum Gasteiger partial charge on any atom is 0.312 e. The van der Waals surface area contributed by atoms with Gasteiger partial charge in [-0.25, -0.2) is 4.79 Å². The summed E-state index contributed by atoms with van der Waals surface area (Å²) >= 11 is 0. The minimum absolute atomic E-state index is 0.0682. The van der Waals surface area contributed by atoms with Crippen LogP contribution in [0.25, 0.3) is 0 Å². The SMILES string of the molecule is CC(C)C(=O)C(CCCNC(N)=O)NC(=O)C(NC(C)(C)C(=O)CCOCCOCCOCCNC(C)(C)C(=O)CCCCCN1C(=O)CC(C(C)C)C1=O)C(C)C. The van der Waals surface area contributed by atoms with Gasteiger partial charge in [0.05, 0.1) is 62.8 Å². The molecule has 0 aromatic heterocycles. The molecule has 0 aromatic rings. The van der Waals surface area contributed by atoms with Crippen LogP contribution in [0.4, 0.5) is 4.79 Å². The van der Waals surface area contributed by atoms with E-state index < -0.39 is 29.2 Å². The Morgan fingerprint density at radius 1 is 0.759 bits per heavy atom. The summed E-state index contributed by atoms with van der Waals surface area (Å²) in [5, 5.41) is 11.8. The number of hydrogen-bond donors (Lipinski definition) is 5. The number of hydrogen-bond acceptors (Lipinski definition) is 12. The summed E-state index contributed by atoms with van der Waals surface area (Å²) in [4.78, 5) is 89.2. The van der Waals surface area contributed by atoms with Crippen molar-refractivity contribution < 1.29 is 47.8 Å². The highest BCUT2D eigenvalue weighted by molar-refractivity contribution is 6.03. The molecular weight excluding hydrogens is 748 g/mol. The standard InChI is InChI=1S/C42H76N6O10/c1-28(2)31-27-35(51)48(39(31)54)20-13-11-12-16-33(49)41(7,8)45-19-22-57-24-26-58-25-23-56-21-17-34(50)42(9,10)47-36(29(3)4)38(53)46-32(37(52)30(5)6)15-14-18-44-40(43)55/h28-32,36,45,47H,11-27H2,1-10H3,(H,46,53)(H3,43,44,55). The van der Waals surface area contributed by atoms with Crippen molar-refractivity contribution >= 4 is 41.1 Å². The number of likely N-dealkylation sites (tertiary alicyclic amines) is 1. The van der Waals surface area contributed by atoms with Crippen molar-refractivity contribution in [3.63, 3.8) is 0 Å². The quantitative estimate of drug-likeness (QED) is 0.0476. The molecule has 0 spiro atoms. The van der Waals surface area contributed by atoms with Crippen molar-refractivity contribution in [1.29, 1.82) is 0 Å². The molecule has 3 atom stereocenters. The number of urea groups is 1. The van der Waals surface area contributed by atoms with E-state index in [0.29, 0.717) is 84.6 Å². The molecule has 0 radical (unpaired) electrons. The summed E-state index contributed by atoms with van der Waals surface area (Å²) in [6, 6.07) is -2.12. The number of carbonyl (C=O) groups excluding carboxylic acids is 7. The average molecular weight is 825 g/mol. The number of carbonyl (C=O) groups is 7. The minimum Gasteiger partial charge on any atom is -0.379 e. The molecule has 1 saturated heterocycles. The number of unbranched alkanes of at least 4 members (excludes halogenated alkanes) is 2. The first-order valence-corrected chi connectivity index (χ1v) is 21.2. The highest BCUT2D eigenvalue weighted by atomic mass is 16.5. The molecule has 1 aliphatic heterocycles. The zero-order chi connectivity index (χ0) is 44.1. The van der Waals surface area contributed by atoms with Gasteiger partial charge in [0.15, 0.2) is 17.3 Å². The minimum atomic E-state index is -1.04. The summed E-state index contributed by atoms with van der Waals surface area (Å²) in [7, 11) is 0. The molecule has 334 valence electrons. The van der Waals surface area contributed by atoms with E-state index >= 15 is 0 Å². The van der Waals surface area contributed by atoms with Crippen LogP contribution in [0.5, 0.6) is 0 Å². The normalized spacial score (nSPS) is 16.0. The first-order chi connectivity index (χ1) is 27.1. The molecule has 1 heterocycles. The predicted molar refractivity (Wildman–Crippen MR) is 222 cm³/mol. The summed E-state index contributed by atoms with van der Waals surface area (Å²) in [6.07, 6.45) is 3.79. The largest absolute Gasteiger partial charge is 0.379 e. The molecule has 5 amide bonds. The van der Waals surface area contributed by atoms with Crippen LogP contribution in [0.3, 0.4) is 0 Å². The first kappa shape index (κ1) is 52.7. The number of nitrogens with zero attached hydrogens (tertiary/aromatic N) is 1. The Balaban J connectivity index is 2.26. The average Bonchev–Trinajstić information content (AvgIpc) is 3.43. The van der Waals surface area contributed by atoms with Crippen LogP contribution < -0.4 is 27.0 Å². The number of primary amides is 1. The van der Waals surface area contributed by atoms with Crippen molar-refractivity contribution in [3.05, 3.63) is 0 Å². The van der Waals surface area contributed by atoms with Gasteiger partial charge in [0, 0.05) is 50.7 Å². The molecular formula is C42H76N6O10. The molecule has 1 rings (SSSR count). The van der Waals surface area contributed by atoms with Crippen LogP contribution in [0.1, 0.15) is 121 Å². The van der Waals surface area contributed by atoms with Gasteiger partial charge in [-0.05, 0) is 65.2 Å². The number of Topliss-reactive ketones (excluding diaryl/α,β-unsaturated/α-hetero) is 3. The van der Waals surface area contributed by atoms with Gasteiger partial charge < -0.3 is 35.9 Å². The second kappa shape index (κ2) is 26.7. The number of imide groups is 1.